The van der Waals surface area contributed by atoms with Gasteiger partial charge in [0.2, 0.25) is 0 Å². The van der Waals surface area contributed by atoms with E-state index in [0.717, 1.165) is 22.8 Å². The van der Waals surface area contributed by atoms with Gasteiger partial charge in [-0.05, 0) is 59.3 Å². The molecule has 0 radical (unpaired) electrons. The average Bonchev–Trinajstić information content (AvgIpc) is 2.76. The molecule has 140 valence electrons. The molecule has 4 heteroatoms. The summed E-state index contributed by atoms with van der Waals surface area (Å²) in [4.78, 5) is 9.23. The fourth-order valence-corrected chi connectivity index (χ4v) is 3.79. The average molecular weight is 378 g/mol. The van der Waals surface area contributed by atoms with E-state index in [1.54, 1.807) is 24.4 Å². The van der Waals surface area contributed by atoms with Gasteiger partial charge < -0.3 is 10.2 Å². The molecule has 4 aromatic rings. The molecule has 0 bridgehead atoms. The number of benzene rings is 3. The third kappa shape index (κ3) is 3.05. The number of aromatic nitrogens is 1. The lowest BCUT2D eigenvalue weighted by atomic mass is 9.92. The van der Waals surface area contributed by atoms with Gasteiger partial charge in [-0.3, -0.25) is 4.99 Å². The molecule has 5 rings (SSSR count). The molecule has 0 spiro atoms. The molecule has 0 saturated carbocycles. The van der Waals surface area contributed by atoms with Crippen molar-refractivity contribution < 1.29 is 10.2 Å². The van der Waals surface area contributed by atoms with E-state index in [1.165, 1.54) is 5.56 Å². The van der Waals surface area contributed by atoms with Crippen LogP contribution in [0.4, 0.5) is 5.69 Å². The van der Waals surface area contributed by atoms with Crippen LogP contribution < -0.4 is 0 Å². The number of allylic oxidation sites excluding steroid dienone is 1. The summed E-state index contributed by atoms with van der Waals surface area (Å²) in [6.45, 7) is 0. The van der Waals surface area contributed by atoms with Crippen LogP contribution in [0.15, 0.2) is 77.8 Å². The molecule has 0 atom stereocenters. The van der Waals surface area contributed by atoms with Gasteiger partial charge in [0.25, 0.3) is 0 Å². The minimum atomic E-state index is 0.190. The Balaban J connectivity index is 1.58. The number of aromatic hydroxyl groups is 2. The zero-order valence-electron chi connectivity index (χ0n) is 15.6. The molecule has 3 aromatic carbocycles. The van der Waals surface area contributed by atoms with Crippen LogP contribution in [0.25, 0.3) is 28.1 Å². The number of hydrogen-bond acceptors (Lipinski definition) is 4. The zero-order valence-corrected chi connectivity index (χ0v) is 15.6. The summed E-state index contributed by atoms with van der Waals surface area (Å²) in [6.07, 6.45) is 6.75. The quantitative estimate of drug-likeness (QED) is 0.454. The second kappa shape index (κ2) is 6.91. The van der Waals surface area contributed by atoms with Gasteiger partial charge in [-0.2, -0.15) is 0 Å². The molecule has 1 aliphatic carbocycles. The highest BCUT2D eigenvalue weighted by atomic mass is 16.3. The summed E-state index contributed by atoms with van der Waals surface area (Å²) >= 11 is 0. The molecule has 0 aliphatic heterocycles. The smallest absolute Gasteiger partial charge is 0.125 e. The van der Waals surface area contributed by atoms with Crippen molar-refractivity contribution in [2.45, 2.75) is 6.42 Å². The van der Waals surface area contributed by atoms with Gasteiger partial charge in [0.1, 0.15) is 11.5 Å². The maximum Gasteiger partial charge on any atom is 0.125 e. The van der Waals surface area contributed by atoms with Crippen LogP contribution in [0.5, 0.6) is 11.5 Å². The maximum absolute atomic E-state index is 10.5. The number of nitrogens with zero attached hydrogens (tertiary/aromatic N) is 2. The Morgan fingerprint density at radius 1 is 0.828 bits per heavy atom. The molecule has 4 nitrogen and oxygen atoms in total. The first kappa shape index (κ1) is 17.2. The van der Waals surface area contributed by atoms with E-state index in [0.29, 0.717) is 22.6 Å². The third-order valence-electron chi connectivity index (χ3n) is 5.16. The molecule has 1 aliphatic rings. The lowest BCUT2D eigenvalue weighted by Crippen LogP contribution is -1.94. The van der Waals surface area contributed by atoms with Gasteiger partial charge in [0, 0.05) is 5.56 Å². The van der Waals surface area contributed by atoms with Gasteiger partial charge in [-0.15, -0.1) is 0 Å². The Kier molecular flexibility index (Phi) is 4.10. The number of para-hydroxylation sites is 1. The highest BCUT2D eigenvalue weighted by Gasteiger charge is 2.14. The molecule has 0 fully saturated rings. The van der Waals surface area contributed by atoms with Crippen molar-refractivity contribution >= 4 is 28.8 Å². The van der Waals surface area contributed by atoms with Crippen LogP contribution in [0.1, 0.15) is 16.8 Å². The van der Waals surface area contributed by atoms with E-state index in [-0.39, 0.29) is 11.5 Å². The lowest BCUT2D eigenvalue weighted by molar-refractivity contribution is 0.477. The first-order valence-electron chi connectivity index (χ1n) is 9.44. The molecule has 1 heterocycles. The van der Waals surface area contributed by atoms with Crippen LogP contribution >= 0.6 is 0 Å². The Hall–Kier alpha value is -3.92. The van der Waals surface area contributed by atoms with E-state index in [2.05, 4.69) is 22.1 Å². The first-order valence-corrected chi connectivity index (χ1v) is 9.44. The monoisotopic (exact) mass is 378 g/mol. The fraction of sp³-hybridized carbons (Fsp3) is 0.0400. The van der Waals surface area contributed by atoms with Crippen molar-refractivity contribution in [3.63, 3.8) is 0 Å². The van der Waals surface area contributed by atoms with E-state index in [1.807, 2.05) is 48.5 Å². The molecule has 29 heavy (non-hydrogen) atoms. The normalized spacial score (nSPS) is 12.7. The number of pyridine rings is 1. The van der Waals surface area contributed by atoms with Crippen molar-refractivity contribution in [1.29, 1.82) is 0 Å². The summed E-state index contributed by atoms with van der Waals surface area (Å²) in [6, 6.07) is 20.4. The summed E-state index contributed by atoms with van der Waals surface area (Å²) in [5, 5.41) is 22.4. The topological polar surface area (TPSA) is 65.7 Å². The van der Waals surface area contributed by atoms with Gasteiger partial charge >= 0.3 is 0 Å². The van der Waals surface area contributed by atoms with Crippen LogP contribution in [-0.4, -0.2) is 21.4 Å². The molecular formula is C25H18N2O2. The lowest BCUT2D eigenvalue weighted by Gasteiger charge is -2.15. The molecule has 0 amide bonds. The molecule has 1 aromatic heterocycles. The number of aliphatic imine (C=N–C) groups is 1. The molecule has 0 unspecified atom stereocenters. The van der Waals surface area contributed by atoms with E-state index in [9.17, 15) is 10.2 Å². The summed E-state index contributed by atoms with van der Waals surface area (Å²) in [7, 11) is 0. The zero-order chi connectivity index (χ0) is 19.8. The Bertz CT molecular complexity index is 1310. The van der Waals surface area contributed by atoms with Crippen LogP contribution in [0.2, 0.25) is 0 Å². The fourth-order valence-electron chi connectivity index (χ4n) is 3.79. The van der Waals surface area contributed by atoms with Crippen LogP contribution in [0.3, 0.4) is 0 Å². The van der Waals surface area contributed by atoms with Gasteiger partial charge in [0.05, 0.1) is 28.7 Å². The van der Waals surface area contributed by atoms with Gasteiger partial charge in [-0.1, -0.05) is 42.5 Å². The number of phenols is 2. The van der Waals surface area contributed by atoms with Crippen molar-refractivity contribution in [2.24, 2.45) is 4.99 Å². The molecule has 0 saturated heterocycles. The summed E-state index contributed by atoms with van der Waals surface area (Å²) < 4.78 is 0. The van der Waals surface area contributed by atoms with Gasteiger partial charge in [-0.25, -0.2) is 4.98 Å². The minimum absolute atomic E-state index is 0.190. The maximum atomic E-state index is 10.5. The molecular weight excluding hydrogens is 360 g/mol. The summed E-state index contributed by atoms with van der Waals surface area (Å²) in [5.74, 6) is 0.416. The SMILES string of the molecule is Oc1ccccc1-c1cccc(C=Nc2ccc3c4c(ccc(O)c24)CC=C3)n1. The van der Waals surface area contributed by atoms with Crippen molar-refractivity contribution in [3.05, 3.63) is 89.6 Å². The predicted octanol–water partition coefficient (Wildman–Crippen LogP) is 5.63. The highest BCUT2D eigenvalue weighted by Crippen LogP contribution is 2.40. The second-order valence-electron chi connectivity index (χ2n) is 7.00. The standard InChI is InChI=1S/C25H18N2O2/c28-22-10-2-1-8-19(22)20-9-4-7-18(27-20)15-26-21-13-11-16-5-3-6-17-12-14-23(29)25(21)24(16)17/h1-5,7-15,28-29H,6H2. The number of hydrogen-bond donors (Lipinski definition) is 2. The largest absolute Gasteiger partial charge is 0.507 e. The Labute approximate surface area is 168 Å². The Morgan fingerprint density at radius 2 is 1.72 bits per heavy atom. The second-order valence-corrected chi connectivity index (χ2v) is 7.00. The predicted molar refractivity (Wildman–Crippen MR) is 117 cm³/mol. The van der Waals surface area contributed by atoms with E-state index >= 15 is 0 Å². The first-order chi connectivity index (χ1) is 14.2. The van der Waals surface area contributed by atoms with Crippen molar-refractivity contribution in [3.8, 4) is 22.8 Å². The Morgan fingerprint density at radius 3 is 2.62 bits per heavy atom. The van der Waals surface area contributed by atoms with Crippen molar-refractivity contribution in [2.75, 3.05) is 0 Å². The van der Waals surface area contributed by atoms with E-state index < -0.39 is 0 Å². The van der Waals surface area contributed by atoms with Crippen LogP contribution in [-0.2, 0) is 6.42 Å². The number of phenolic OH excluding ortho intramolecular Hbond substituents is 2. The number of rotatable bonds is 3. The van der Waals surface area contributed by atoms with E-state index in [4.69, 9.17) is 0 Å². The van der Waals surface area contributed by atoms with Crippen LogP contribution in [0, 0.1) is 0 Å². The highest BCUT2D eigenvalue weighted by molar-refractivity contribution is 6.05. The third-order valence-corrected chi connectivity index (χ3v) is 5.16. The van der Waals surface area contributed by atoms with Gasteiger partial charge in [0.15, 0.2) is 0 Å². The molecule has 2 N–H and O–H groups in total. The van der Waals surface area contributed by atoms with Crippen molar-refractivity contribution in [1.82, 2.24) is 4.98 Å². The minimum Gasteiger partial charge on any atom is -0.507 e. The summed E-state index contributed by atoms with van der Waals surface area (Å²) in [5.41, 5.74) is 5.01.